The molecule has 0 bridgehead atoms. The van der Waals surface area contributed by atoms with Gasteiger partial charge in [-0.05, 0) is 45.4 Å². The second-order valence-corrected chi connectivity index (χ2v) is 9.08. The number of primary amides is 1. The molecular weight excluding hydrogens is 420 g/mol. The third kappa shape index (κ3) is 22.3. The zero-order chi connectivity index (χ0) is 26.2. The van der Waals surface area contributed by atoms with Crippen LogP contribution < -0.4 is 22.5 Å². The molecule has 0 radical (unpaired) electrons. The molecule has 0 saturated carbocycles. The SMILES string of the molecule is CC(C)C[C@H](N)C(N)=O.CC(C)[C@H](NC(=O)OC(C)(C)C)C(=O)O.CCC[C@H](N)C(=O)O. The molecule has 2 amide bonds. The number of nitrogens with two attached hydrogens (primary N) is 3. The van der Waals surface area contributed by atoms with E-state index in [9.17, 15) is 19.2 Å². The molecule has 32 heavy (non-hydrogen) atoms. The first kappa shape index (κ1) is 34.2. The van der Waals surface area contributed by atoms with Crippen molar-refractivity contribution in [1.82, 2.24) is 5.32 Å². The Morgan fingerprint density at radius 1 is 0.938 bits per heavy atom. The number of aliphatic carboxylic acids is 2. The average molecular weight is 465 g/mol. The van der Waals surface area contributed by atoms with Gasteiger partial charge in [0.05, 0.1) is 6.04 Å². The molecule has 190 valence electrons. The molecule has 3 atom stereocenters. The molecule has 0 aromatic heterocycles. The quantitative estimate of drug-likeness (QED) is 0.292. The van der Waals surface area contributed by atoms with E-state index in [0.29, 0.717) is 18.8 Å². The highest BCUT2D eigenvalue weighted by atomic mass is 16.6. The molecule has 0 fully saturated rings. The standard InChI is InChI=1S/C10H19NO4.C6H14N2O.C5H11NO2/c1-6(2)7(8(12)13)11-9(14)15-10(3,4)5;1-4(2)3-5(7)6(8)9;1-2-3-4(6)5(7)8/h6-7H,1-5H3,(H,11,14)(H,12,13);4-5H,3,7H2,1-2H3,(H2,8,9);4H,2-3,6H2,1H3,(H,7,8)/t7-;5-;4-/m000/s1. The van der Waals surface area contributed by atoms with Crippen molar-refractivity contribution < 1.29 is 34.1 Å². The van der Waals surface area contributed by atoms with Gasteiger partial charge in [-0.1, -0.05) is 41.0 Å². The fourth-order valence-electron chi connectivity index (χ4n) is 2.01. The number of hydrogen-bond donors (Lipinski definition) is 6. The van der Waals surface area contributed by atoms with Crippen LogP contribution in [0.2, 0.25) is 0 Å². The van der Waals surface area contributed by atoms with Gasteiger partial charge in [0.1, 0.15) is 17.7 Å². The van der Waals surface area contributed by atoms with Crippen molar-refractivity contribution in [3.8, 4) is 0 Å². The van der Waals surface area contributed by atoms with E-state index in [2.05, 4.69) is 5.32 Å². The van der Waals surface area contributed by atoms with Crippen LogP contribution in [-0.4, -0.2) is 57.9 Å². The summed E-state index contributed by atoms with van der Waals surface area (Å²) in [6.07, 6.45) is 1.36. The Morgan fingerprint density at radius 2 is 1.41 bits per heavy atom. The Bertz CT molecular complexity index is 575. The molecule has 0 heterocycles. The number of amides is 2. The van der Waals surface area contributed by atoms with Crippen LogP contribution >= 0.6 is 0 Å². The number of hydrogen-bond acceptors (Lipinski definition) is 7. The number of nitrogens with one attached hydrogen (secondary N) is 1. The predicted molar refractivity (Wildman–Crippen MR) is 123 cm³/mol. The van der Waals surface area contributed by atoms with E-state index in [1.165, 1.54) is 0 Å². The van der Waals surface area contributed by atoms with E-state index < -0.39 is 47.7 Å². The highest BCUT2D eigenvalue weighted by Crippen LogP contribution is 2.08. The van der Waals surface area contributed by atoms with Gasteiger partial charge < -0.3 is 37.5 Å². The second-order valence-electron chi connectivity index (χ2n) is 9.08. The number of carboxylic acid groups (broad SMARTS) is 2. The van der Waals surface area contributed by atoms with Crippen molar-refractivity contribution in [1.29, 1.82) is 0 Å². The molecule has 11 heteroatoms. The fourth-order valence-corrected chi connectivity index (χ4v) is 2.01. The van der Waals surface area contributed by atoms with Crippen LogP contribution in [0, 0.1) is 11.8 Å². The lowest BCUT2D eigenvalue weighted by Crippen LogP contribution is -2.46. The number of carboxylic acids is 2. The Kier molecular flexibility index (Phi) is 18.4. The highest BCUT2D eigenvalue weighted by molar-refractivity contribution is 5.80. The molecule has 0 aliphatic rings. The van der Waals surface area contributed by atoms with Crippen LogP contribution in [-0.2, 0) is 19.1 Å². The lowest BCUT2D eigenvalue weighted by Gasteiger charge is -2.23. The van der Waals surface area contributed by atoms with Crippen LogP contribution in [0.25, 0.3) is 0 Å². The second kappa shape index (κ2) is 17.2. The Morgan fingerprint density at radius 3 is 1.59 bits per heavy atom. The Hall–Kier alpha value is -2.40. The maximum Gasteiger partial charge on any atom is 0.408 e. The third-order valence-corrected chi connectivity index (χ3v) is 3.61. The van der Waals surface area contributed by atoms with E-state index >= 15 is 0 Å². The zero-order valence-corrected chi connectivity index (χ0v) is 20.7. The van der Waals surface area contributed by atoms with Gasteiger partial charge >= 0.3 is 18.0 Å². The first-order valence-corrected chi connectivity index (χ1v) is 10.6. The van der Waals surface area contributed by atoms with E-state index in [4.69, 9.17) is 32.2 Å². The van der Waals surface area contributed by atoms with Crippen LogP contribution in [0.5, 0.6) is 0 Å². The summed E-state index contributed by atoms with van der Waals surface area (Å²) in [7, 11) is 0. The average Bonchev–Trinajstić information content (AvgIpc) is 2.58. The molecule has 0 aliphatic carbocycles. The molecule has 11 nitrogen and oxygen atoms in total. The maximum atomic E-state index is 11.3. The number of ether oxygens (including phenoxy) is 1. The molecule has 0 saturated heterocycles. The van der Waals surface area contributed by atoms with E-state index in [0.717, 1.165) is 6.42 Å². The van der Waals surface area contributed by atoms with E-state index in [1.807, 2.05) is 20.8 Å². The molecular formula is C21H44N4O7. The summed E-state index contributed by atoms with van der Waals surface area (Å²) >= 11 is 0. The van der Waals surface area contributed by atoms with Gasteiger partial charge in [-0.3, -0.25) is 9.59 Å². The van der Waals surface area contributed by atoms with Gasteiger partial charge in [-0.25, -0.2) is 9.59 Å². The Labute approximate surface area is 191 Å². The van der Waals surface area contributed by atoms with Crippen molar-refractivity contribution in [3.05, 3.63) is 0 Å². The minimum Gasteiger partial charge on any atom is -0.480 e. The summed E-state index contributed by atoms with van der Waals surface area (Å²) < 4.78 is 4.96. The third-order valence-electron chi connectivity index (χ3n) is 3.61. The first-order valence-electron chi connectivity index (χ1n) is 10.6. The van der Waals surface area contributed by atoms with Crippen molar-refractivity contribution in [2.45, 2.75) is 98.4 Å². The summed E-state index contributed by atoms with van der Waals surface area (Å²) in [5, 5.41) is 19.3. The minimum atomic E-state index is -1.06. The monoisotopic (exact) mass is 464 g/mol. The molecule has 9 N–H and O–H groups in total. The lowest BCUT2D eigenvalue weighted by atomic mass is 10.0. The topological polar surface area (TPSA) is 208 Å². The van der Waals surface area contributed by atoms with Gasteiger partial charge in [-0.2, -0.15) is 0 Å². The number of carbonyl (C=O) groups excluding carboxylic acids is 2. The van der Waals surface area contributed by atoms with E-state index in [1.54, 1.807) is 34.6 Å². The molecule has 0 spiro atoms. The van der Waals surface area contributed by atoms with Crippen molar-refractivity contribution in [3.63, 3.8) is 0 Å². The van der Waals surface area contributed by atoms with Crippen molar-refractivity contribution in [2.75, 3.05) is 0 Å². The van der Waals surface area contributed by atoms with Crippen molar-refractivity contribution in [2.24, 2.45) is 29.0 Å². The Balaban J connectivity index is -0.000000424. The van der Waals surface area contributed by atoms with Gasteiger partial charge in [0.15, 0.2) is 0 Å². The van der Waals surface area contributed by atoms with Crippen molar-refractivity contribution >= 4 is 23.9 Å². The summed E-state index contributed by atoms with van der Waals surface area (Å²) in [6, 6.07) is -2.05. The van der Waals surface area contributed by atoms with Gasteiger partial charge in [0.25, 0.3) is 0 Å². The fraction of sp³-hybridized carbons (Fsp3) is 0.810. The largest absolute Gasteiger partial charge is 0.480 e. The summed E-state index contributed by atoms with van der Waals surface area (Å²) in [4.78, 5) is 42.3. The number of alkyl carbamates (subject to hydrolysis) is 1. The van der Waals surface area contributed by atoms with Crippen LogP contribution in [0.1, 0.15) is 74.7 Å². The molecule has 0 rings (SSSR count). The molecule has 0 aromatic rings. The number of carbonyl (C=O) groups is 4. The summed E-state index contributed by atoms with van der Waals surface area (Å²) in [6.45, 7) is 14.5. The summed E-state index contributed by atoms with van der Waals surface area (Å²) in [5.74, 6) is -2.13. The molecule has 0 unspecified atom stereocenters. The minimum absolute atomic E-state index is 0.185. The van der Waals surface area contributed by atoms with Gasteiger partial charge in [0.2, 0.25) is 5.91 Å². The lowest BCUT2D eigenvalue weighted by molar-refractivity contribution is -0.141. The summed E-state index contributed by atoms with van der Waals surface area (Å²) in [5.41, 5.74) is 14.8. The van der Waals surface area contributed by atoms with Gasteiger partial charge in [0, 0.05) is 0 Å². The highest BCUT2D eigenvalue weighted by Gasteiger charge is 2.26. The molecule has 0 aromatic carbocycles. The smallest absolute Gasteiger partial charge is 0.408 e. The molecule has 0 aliphatic heterocycles. The van der Waals surface area contributed by atoms with Crippen LogP contribution in [0.15, 0.2) is 0 Å². The van der Waals surface area contributed by atoms with Crippen LogP contribution in [0.4, 0.5) is 4.79 Å². The number of rotatable bonds is 9. The van der Waals surface area contributed by atoms with Crippen LogP contribution in [0.3, 0.4) is 0 Å². The zero-order valence-electron chi connectivity index (χ0n) is 20.7. The van der Waals surface area contributed by atoms with E-state index in [-0.39, 0.29) is 5.92 Å². The van der Waals surface area contributed by atoms with Gasteiger partial charge in [-0.15, -0.1) is 0 Å². The maximum absolute atomic E-state index is 11.3. The first-order chi connectivity index (χ1) is 14.3. The predicted octanol–water partition coefficient (Wildman–Crippen LogP) is 1.66. The normalized spacial score (nSPS) is 13.5.